The van der Waals surface area contributed by atoms with Gasteiger partial charge in [-0.25, -0.2) is 0 Å². The number of carbonyl (C=O) groups is 1. The van der Waals surface area contributed by atoms with Crippen molar-refractivity contribution in [2.24, 2.45) is 0 Å². The van der Waals surface area contributed by atoms with Crippen LogP contribution >= 0.6 is 11.8 Å². The molecular formula is C28H30N4OS. The van der Waals surface area contributed by atoms with Crippen molar-refractivity contribution < 1.29 is 4.79 Å². The minimum absolute atomic E-state index is 0.0633. The third-order valence-corrected chi connectivity index (χ3v) is 7.70. The van der Waals surface area contributed by atoms with E-state index in [1.807, 2.05) is 23.9 Å². The van der Waals surface area contributed by atoms with Crippen molar-refractivity contribution in [2.45, 2.75) is 16.7 Å². The minimum atomic E-state index is -0.0633. The first kappa shape index (κ1) is 22.8. The topological polar surface area (TPSA) is 48.5 Å². The van der Waals surface area contributed by atoms with E-state index in [1.54, 1.807) is 24.5 Å². The van der Waals surface area contributed by atoms with Crippen LogP contribution in [0, 0.1) is 0 Å². The standard InChI is InChI=1S/C28H30N4OS/c33-27(12-11-22-6-5-13-29-20-22)30-14-15-31-16-18-32(19-17-31)28-24-8-2-1-7-23(24)21-34-26-10-4-3-9-25(26)28/h1-13,20,28H,14-19,21H2,(H,30,33)/b12-11-. The van der Waals surface area contributed by atoms with Crippen LogP contribution in [0.25, 0.3) is 6.08 Å². The average molecular weight is 471 g/mol. The number of piperazine rings is 1. The summed E-state index contributed by atoms with van der Waals surface area (Å²) in [4.78, 5) is 22.7. The monoisotopic (exact) mass is 470 g/mol. The van der Waals surface area contributed by atoms with Gasteiger partial charge >= 0.3 is 0 Å². The second-order valence-corrected chi connectivity index (χ2v) is 9.73. The molecule has 1 aromatic heterocycles. The predicted molar refractivity (Wildman–Crippen MR) is 139 cm³/mol. The lowest BCUT2D eigenvalue weighted by Gasteiger charge is -2.40. The van der Waals surface area contributed by atoms with Crippen LogP contribution < -0.4 is 5.32 Å². The van der Waals surface area contributed by atoms with E-state index in [0.29, 0.717) is 12.6 Å². The summed E-state index contributed by atoms with van der Waals surface area (Å²) in [5.41, 5.74) is 5.24. The third kappa shape index (κ3) is 5.41. The van der Waals surface area contributed by atoms with Gasteiger partial charge in [-0.3, -0.25) is 19.6 Å². The maximum Gasteiger partial charge on any atom is 0.244 e. The molecule has 3 heterocycles. The molecule has 3 aromatic rings. The van der Waals surface area contributed by atoms with Crippen molar-refractivity contribution >= 4 is 23.7 Å². The zero-order chi connectivity index (χ0) is 23.2. The fourth-order valence-corrected chi connectivity index (χ4v) is 5.87. The number of amides is 1. The molecule has 6 heteroatoms. The third-order valence-electron chi connectivity index (χ3n) is 6.56. The largest absolute Gasteiger partial charge is 0.351 e. The molecule has 34 heavy (non-hydrogen) atoms. The normalized spacial score (nSPS) is 18.8. The smallest absolute Gasteiger partial charge is 0.244 e. The van der Waals surface area contributed by atoms with Gasteiger partial charge in [-0.2, -0.15) is 0 Å². The van der Waals surface area contributed by atoms with Crippen LogP contribution in [0.1, 0.15) is 28.3 Å². The van der Waals surface area contributed by atoms with Gasteiger partial charge in [-0.05, 0) is 40.5 Å². The minimum Gasteiger partial charge on any atom is -0.351 e. The molecule has 174 valence electrons. The number of carbonyl (C=O) groups excluding carboxylic acids is 1. The van der Waals surface area contributed by atoms with Gasteiger partial charge in [-0.15, -0.1) is 11.8 Å². The fourth-order valence-electron chi connectivity index (χ4n) is 4.77. The van der Waals surface area contributed by atoms with Gasteiger partial charge in [0.25, 0.3) is 0 Å². The molecule has 1 amide bonds. The van der Waals surface area contributed by atoms with E-state index >= 15 is 0 Å². The van der Waals surface area contributed by atoms with E-state index in [4.69, 9.17) is 0 Å². The van der Waals surface area contributed by atoms with E-state index in [1.165, 1.54) is 21.6 Å². The molecule has 5 nitrogen and oxygen atoms in total. The zero-order valence-corrected chi connectivity index (χ0v) is 20.1. The SMILES string of the molecule is O=C(/C=C\c1cccnc1)NCCN1CCN(C2c3ccccc3CSc3ccccc32)CC1. The Morgan fingerprint density at radius 1 is 1.00 bits per heavy atom. The van der Waals surface area contributed by atoms with Gasteiger partial charge < -0.3 is 5.32 Å². The van der Waals surface area contributed by atoms with Crippen LogP contribution in [-0.2, 0) is 10.5 Å². The molecule has 0 bridgehead atoms. The first-order valence-corrected chi connectivity index (χ1v) is 12.9. The molecule has 2 aliphatic rings. The van der Waals surface area contributed by atoms with Crippen LogP contribution in [0.5, 0.6) is 0 Å². The zero-order valence-electron chi connectivity index (χ0n) is 19.3. The lowest BCUT2D eigenvalue weighted by molar-refractivity contribution is -0.116. The van der Waals surface area contributed by atoms with E-state index in [2.05, 4.69) is 68.6 Å². The quantitative estimate of drug-likeness (QED) is 0.547. The summed E-state index contributed by atoms with van der Waals surface area (Å²) in [5, 5.41) is 3.00. The number of benzene rings is 2. The Hall–Kier alpha value is -2.93. The van der Waals surface area contributed by atoms with Gasteiger partial charge in [0.2, 0.25) is 5.91 Å². The van der Waals surface area contributed by atoms with Crippen LogP contribution in [0.4, 0.5) is 0 Å². The molecule has 0 spiro atoms. The van der Waals surface area contributed by atoms with Crippen molar-refractivity contribution in [3.05, 3.63) is 101 Å². The molecule has 1 N–H and O–H groups in total. The van der Waals surface area contributed by atoms with Crippen molar-refractivity contribution in [3.63, 3.8) is 0 Å². The molecule has 1 saturated heterocycles. The second kappa shape index (κ2) is 11.0. The summed E-state index contributed by atoms with van der Waals surface area (Å²) >= 11 is 1.95. The highest BCUT2D eigenvalue weighted by atomic mass is 32.2. The van der Waals surface area contributed by atoms with Crippen LogP contribution in [-0.4, -0.2) is 60.0 Å². The lowest BCUT2D eigenvalue weighted by Crippen LogP contribution is -2.49. The highest BCUT2D eigenvalue weighted by molar-refractivity contribution is 7.98. The highest BCUT2D eigenvalue weighted by Gasteiger charge is 2.30. The maximum absolute atomic E-state index is 12.1. The first-order valence-electron chi connectivity index (χ1n) is 11.9. The Morgan fingerprint density at radius 3 is 2.62 bits per heavy atom. The summed E-state index contributed by atoms with van der Waals surface area (Å²) in [6.07, 6.45) is 6.84. The van der Waals surface area contributed by atoms with Crippen LogP contribution in [0.15, 0.2) is 84.0 Å². The maximum atomic E-state index is 12.1. The molecule has 0 radical (unpaired) electrons. The van der Waals surface area contributed by atoms with Gasteiger partial charge in [0.05, 0.1) is 6.04 Å². The molecule has 0 saturated carbocycles. The van der Waals surface area contributed by atoms with E-state index < -0.39 is 0 Å². The Morgan fingerprint density at radius 2 is 1.79 bits per heavy atom. The van der Waals surface area contributed by atoms with E-state index in [0.717, 1.165) is 44.0 Å². The van der Waals surface area contributed by atoms with Crippen LogP contribution in [0.3, 0.4) is 0 Å². The summed E-state index contributed by atoms with van der Waals surface area (Å²) in [7, 11) is 0. The fraction of sp³-hybridized carbons (Fsp3) is 0.286. The Kier molecular flexibility index (Phi) is 7.39. The molecule has 1 atom stereocenters. The Balaban J connectivity index is 1.17. The number of pyridine rings is 1. The van der Waals surface area contributed by atoms with Gasteiger partial charge in [0.15, 0.2) is 0 Å². The number of nitrogens with zero attached hydrogens (tertiary/aromatic N) is 3. The highest BCUT2D eigenvalue weighted by Crippen LogP contribution is 2.42. The van der Waals surface area contributed by atoms with Gasteiger partial charge in [0, 0.05) is 68.4 Å². The second-order valence-electron chi connectivity index (χ2n) is 8.72. The number of rotatable bonds is 6. The van der Waals surface area contributed by atoms with E-state index in [-0.39, 0.29) is 5.91 Å². The van der Waals surface area contributed by atoms with Crippen molar-refractivity contribution in [3.8, 4) is 0 Å². The van der Waals surface area contributed by atoms with Crippen molar-refractivity contribution in [2.75, 3.05) is 39.3 Å². The summed E-state index contributed by atoms with van der Waals surface area (Å²) < 4.78 is 0. The predicted octanol–water partition coefficient (Wildman–Crippen LogP) is 4.22. The average Bonchev–Trinajstić information content (AvgIpc) is 3.06. The molecule has 2 aliphatic heterocycles. The number of hydrogen-bond donors (Lipinski definition) is 1. The van der Waals surface area contributed by atoms with Crippen LogP contribution in [0.2, 0.25) is 0 Å². The molecular weight excluding hydrogens is 440 g/mol. The van der Waals surface area contributed by atoms with Crippen molar-refractivity contribution in [1.82, 2.24) is 20.1 Å². The summed E-state index contributed by atoms with van der Waals surface area (Å²) in [5.74, 6) is 0.963. The van der Waals surface area contributed by atoms with Crippen molar-refractivity contribution in [1.29, 1.82) is 0 Å². The lowest BCUT2D eigenvalue weighted by atomic mass is 9.93. The van der Waals surface area contributed by atoms with E-state index in [9.17, 15) is 4.79 Å². The number of thioether (sulfide) groups is 1. The number of fused-ring (bicyclic) bond motifs is 2. The number of nitrogens with one attached hydrogen (secondary N) is 1. The molecule has 2 aromatic carbocycles. The number of hydrogen-bond acceptors (Lipinski definition) is 5. The first-order chi connectivity index (χ1) is 16.8. The number of aromatic nitrogens is 1. The molecule has 1 fully saturated rings. The molecule has 0 aliphatic carbocycles. The van der Waals surface area contributed by atoms with Gasteiger partial charge in [0.1, 0.15) is 0 Å². The molecule has 5 rings (SSSR count). The molecule has 1 unspecified atom stereocenters. The summed E-state index contributed by atoms with van der Waals surface area (Å²) in [6.45, 7) is 5.58. The Bertz CT molecular complexity index is 1090. The van der Waals surface area contributed by atoms with Gasteiger partial charge in [-0.1, -0.05) is 48.5 Å². The summed E-state index contributed by atoms with van der Waals surface area (Å²) in [6, 6.07) is 21.9. The Labute approximate surface area is 205 Å².